The molecule has 5 nitrogen and oxygen atoms in total. The molecule has 0 saturated heterocycles. The first-order chi connectivity index (χ1) is 14.5. The minimum absolute atomic E-state index is 0.141. The number of rotatable bonds is 6. The van der Waals surface area contributed by atoms with Gasteiger partial charge >= 0.3 is 0 Å². The summed E-state index contributed by atoms with van der Waals surface area (Å²) in [4.78, 5) is 40.6. The van der Waals surface area contributed by atoms with Crippen molar-refractivity contribution in [1.82, 2.24) is 5.32 Å². The standard InChI is InChI=1S/C25H22N2O3/c1-18(28)26-25(16-23(29)20-12-6-3-7-13-20)21-14-8-9-15-22(21)27(24(25)30)17-19-10-4-2-5-11-19/h2-15H,16-17H2,1H3,(H,26,28)/t25-/m1/s1. The summed E-state index contributed by atoms with van der Waals surface area (Å²) in [6.07, 6.45) is -0.141. The summed E-state index contributed by atoms with van der Waals surface area (Å²) in [5, 5.41) is 2.83. The Balaban J connectivity index is 1.78. The van der Waals surface area contributed by atoms with Crippen LogP contribution in [0.1, 0.15) is 34.8 Å². The van der Waals surface area contributed by atoms with E-state index in [0.717, 1.165) is 5.56 Å². The molecule has 2 amide bonds. The molecule has 0 fully saturated rings. The van der Waals surface area contributed by atoms with Crippen LogP contribution < -0.4 is 10.2 Å². The minimum atomic E-state index is -1.43. The number of nitrogens with one attached hydrogen (secondary N) is 1. The fourth-order valence-electron chi connectivity index (χ4n) is 4.05. The van der Waals surface area contributed by atoms with Crippen LogP contribution in [0, 0.1) is 0 Å². The Kier molecular flexibility index (Phi) is 5.19. The van der Waals surface area contributed by atoms with Crippen LogP contribution in [0.4, 0.5) is 5.69 Å². The topological polar surface area (TPSA) is 66.5 Å². The number of fused-ring (bicyclic) bond motifs is 1. The van der Waals surface area contributed by atoms with E-state index in [2.05, 4.69) is 5.32 Å². The first kappa shape index (κ1) is 19.6. The molecule has 0 saturated carbocycles. The second kappa shape index (κ2) is 7.95. The zero-order chi connectivity index (χ0) is 21.1. The molecule has 1 aliphatic heterocycles. The molecule has 150 valence electrons. The van der Waals surface area contributed by atoms with Crippen molar-refractivity contribution in [1.29, 1.82) is 0 Å². The lowest BCUT2D eigenvalue weighted by Gasteiger charge is -2.29. The van der Waals surface area contributed by atoms with Crippen molar-refractivity contribution in [2.45, 2.75) is 25.4 Å². The van der Waals surface area contributed by atoms with Crippen molar-refractivity contribution in [3.05, 3.63) is 102 Å². The second-order valence-corrected chi connectivity index (χ2v) is 7.45. The van der Waals surface area contributed by atoms with Gasteiger partial charge in [-0.2, -0.15) is 0 Å². The van der Waals surface area contributed by atoms with E-state index in [1.54, 1.807) is 29.2 Å². The van der Waals surface area contributed by atoms with Gasteiger partial charge in [-0.15, -0.1) is 0 Å². The average Bonchev–Trinajstić information content (AvgIpc) is 2.97. The van der Waals surface area contributed by atoms with Gasteiger partial charge in [0.25, 0.3) is 5.91 Å². The Morgan fingerprint density at radius 1 is 0.867 bits per heavy atom. The molecule has 30 heavy (non-hydrogen) atoms. The highest BCUT2D eigenvalue weighted by Gasteiger charge is 2.52. The number of benzene rings is 3. The van der Waals surface area contributed by atoms with Gasteiger partial charge in [-0.1, -0.05) is 78.9 Å². The summed E-state index contributed by atoms with van der Waals surface area (Å²) in [5.74, 6) is -0.860. The Morgan fingerprint density at radius 3 is 2.13 bits per heavy atom. The third-order valence-corrected chi connectivity index (χ3v) is 5.36. The molecule has 0 aromatic heterocycles. The molecular weight excluding hydrogens is 376 g/mol. The van der Waals surface area contributed by atoms with Crippen LogP contribution in [-0.2, 0) is 21.7 Å². The lowest BCUT2D eigenvalue weighted by molar-refractivity contribution is -0.130. The Bertz CT molecular complexity index is 1100. The van der Waals surface area contributed by atoms with Crippen LogP contribution >= 0.6 is 0 Å². The number of Topliss-reactive ketones (excluding diaryl/α,β-unsaturated/α-hetero) is 1. The summed E-state index contributed by atoms with van der Waals surface area (Å²) >= 11 is 0. The monoisotopic (exact) mass is 398 g/mol. The number of para-hydroxylation sites is 1. The average molecular weight is 398 g/mol. The molecular formula is C25H22N2O3. The summed E-state index contributed by atoms with van der Waals surface area (Å²) < 4.78 is 0. The van der Waals surface area contributed by atoms with Crippen molar-refractivity contribution in [2.75, 3.05) is 4.90 Å². The van der Waals surface area contributed by atoms with E-state index in [4.69, 9.17) is 0 Å². The summed E-state index contributed by atoms with van der Waals surface area (Å²) in [6.45, 7) is 1.72. The van der Waals surface area contributed by atoms with Crippen LogP contribution in [0.25, 0.3) is 0 Å². The predicted octanol–water partition coefficient (Wildman–Crippen LogP) is 3.84. The van der Waals surface area contributed by atoms with Gasteiger partial charge in [0.05, 0.1) is 12.2 Å². The largest absolute Gasteiger partial charge is 0.338 e. The molecule has 1 heterocycles. The molecule has 4 rings (SSSR count). The number of hydrogen-bond donors (Lipinski definition) is 1. The van der Waals surface area contributed by atoms with Crippen LogP contribution in [0.2, 0.25) is 0 Å². The van der Waals surface area contributed by atoms with Crippen molar-refractivity contribution in [3.8, 4) is 0 Å². The molecule has 1 atom stereocenters. The van der Waals surface area contributed by atoms with Gasteiger partial charge in [0.15, 0.2) is 11.3 Å². The van der Waals surface area contributed by atoms with E-state index in [0.29, 0.717) is 23.4 Å². The van der Waals surface area contributed by atoms with Crippen molar-refractivity contribution >= 4 is 23.3 Å². The summed E-state index contributed by atoms with van der Waals surface area (Å²) in [7, 11) is 0. The highest BCUT2D eigenvalue weighted by atomic mass is 16.2. The number of nitrogens with zero attached hydrogens (tertiary/aromatic N) is 1. The van der Waals surface area contributed by atoms with E-state index in [1.807, 2.05) is 60.7 Å². The zero-order valence-corrected chi connectivity index (χ0v) is 16.7. The van der Waals surface area contributed by atoms with Crippen molar-refractivity contribution < 1.29 is 14.4 Å². The van der Waals surface area contributed by atoms with Crippen LogP contribution in [0.15, 0.2) is 84.9 Å². The van der Waals surface area contributed by atoms with Crippen molar-refractivity contribution in [3.63, 3.8) is 0 Å². The maximum absolute atomic E-state index is 13.8. The Hall–Kier alpha value is -3.73. The molecule has 0 bridgehead atoms. The second-order valence-electron chi connectivity index (χ2n) is 7.45. The van der Waals surface area contributed by atoms with Gasteiger partial charge < -0.3 is 10.2 Å². The van der Waals surface area contributed by atoms with Crippen molar-refractivity contribution in [2.24, 2.45) is 0 Å². The van der Waals surface area contributed by atoms with Crippen LogP contribution in [0.3, 0.4) is 0 Å². The Labute approximate surface area is 175 Å². The lowest BCUT2D eigenvalue weighted by Crippen LogP contribution is -2.53. The quantitative estimate of drug-likeness (QED) is 0.642. The van der Waals surface area contributed by atoms with Crippen LogP contribution in [0.5, 0.6) is 0 Å². The van der Waals surface area contributed by atoms with Gasteiger partial charge in [-0.25, -0.2) is 0 Å². The maximum Gasteiger partial charge on any atom is 0.258 e. The van der Waals surface area contributed by atoms with E-state index in [-0.39, 0.29) is 24.0 Å². The smallest absolute Gasteiger partial charge is 0.258 e. The predicted molar refractivity (Wildman–Crippen MR) is 115 cm³/mol. The number of hydrogen-bond acceptors (Lipinski definition) is 3. The first-order valence-corrected chi connectivity index (χ1v) is 9.84. The Morgan fingerprint density at radius 2 is 1.47 bits per heavy atom. The zero-order valence-electron chi connectivity index (χ0n) is 16.7. The van der Waals surface area contributed by atoms with Gasteiger partial charge in [-0.3, -0.25) is 14.4 Å². The molecule has 1 aliphatic rings. The number of carbonyl (C=O) groups is 3. The number of amides is 2. The maximum atomic E-state index is 13.8. The molecule has 1 N–H and O–H groups in total. The molecule has 0 unspecified atom stereocenters. The molecule has 3 aromatic carbocycles. The van der Waals surface area contributed by atoms with Gasteiger partial charge in [-0.05, 0) is 11.6 Å². The first-order valence-electron chi connectivity index (χ1n) is 9.84. The molecule has 0 spiro atoms. The fraction of sp³-hybridized carbons (Fsp3) is 0.160. The minimum Gasteiger partial charge on any atom is -0.338 e. The van der Waals surface area contributed by atoms with Gasteiger partial charge in [0.1, 0.15) is 0 Å². The van der Waals surface area contributed by atoms with E-state index < -0.39 is 5.54 Å². The van der Waals surface area contributed by atoms with E-state index in [9.17, 15) is 14.4 Å². The fourth-order valence-corrected chi connectivity index (χ4v) is 4.05. The van der Waals surface area contributed by atoms with E-state index in [1.165, 1.54) is 6.92 Å². The SMILES string of the molecule is CC(=O)N[C@@]1(CC(=O)c2ccccc2)C(=O)N(Cc2ccccc2)c2ccccc21. The highest BCUT2D eigenvalue weighted by molar-refractivity contribution is 6.12. The number of ketones is 1. The lowest BCUT2D eigenvalue weighted by atomic mass is 9.84. The van der Waals surface area contributed by atoms with E-state index >= 15 is 0 Å². The summed E-state index contributed by atoms with van der Waals surface area (Å²) in [5.41, 5.74) is 1.40. The van der Waals surface area contributed by atoms with Gasteiger partial charge in [0.2, 0.25) is 5.91 Å². The number of carbonyl (C=O) groups excluding carboxylic acids is 3. The van der Waals surface area contributed by atoms with Crippen LogP contribution in [-0.4, -0.2) is 17.6 Å². The summed E-state index contributed by atoms with van der Waals surface area (Å²) in [6, 6.07) is 25.8. The molecule has 0 aliphatic carbocycles. The normalized spacial score (nSPS) is 17.5. The highest BCUT2D eigenvalue weighted by Crippen LogP contribution is 2.43. The molecule has 3 aromatic rings. The molecule has 0 radical (unpaired) electrons. The molecule has 5 heteroatoms. The van der Waals surface area contributed by atoms with Gasteiger partial charge in [0, 0.05) is 24.5 Å². The third-order valence-electron chi connectivity index (χ3n) is 5.36. The third kappa shape index (κ3) is 3.50. The number of anilines is 1.